The van der Waals surface area contributed by atoms with E-state index >= 15 is 0 Å². The van der Waals surface area contributed by atoms with Crippen molar-refractivity contribution >= 4 is 17.4 Å². The van der Waals surface area contributed by atoms with Gasteiger partial charge in [0.05, 0.1) is 50.2 Å². The maximum atomic E-state index is 13.4. The van der Waals surface area contributed by atoms with Crippen molar-refractivity contribution in [2.24, 2.45) is 0 Å². The Morgan fingerprint density at radius 2 is 2.10 bits per heavy atom. The van der Waals surface area contributed by atoms with E-state index in [-0.39, 0.29) is 5.91 Å². The number of aromatic nitrogens is 4. The first-order valence-corrected chi connectivity index (χ1v) is 9.37. The summed E-state index contributed by atoms with van der Waals surface area (Å²) in [6, 6.07) is 5.51. The van der Waals surface area contributed by atoms with Crippen molar-refractivity contribution in [3.63, 3.8) is 0 Å². The van der Waals surface area contributed by atoms with E-state index in [2.05, 4.69) is 15.1 Å². The minimum atomic E-state index is -0.792. The van der Waals surface area contributed by atoms with Gasteiger partial charge in [0.2, 0.25) is 0 Å². The average molecular weight is 394 g/mol. The lowest BCUT2D eigenvalue weighted by Gasteiger charge is -2.17. The van der Waals surface area contributed by atoms with Crippen LogP contribution < -0.4 is 14.5 Å². The molecule has 1 saturated heterocycles. The smallest absolute Gasteiger partial charge is 0.279 e. The van der Waals surface area contributed by atoms with E-state index in [0.29, 0.717) is 43.2 Å². The first-order chi connectivity index (χ1) is 14.1. The zero-order valence-electron chi connectivity index (χ0n) is 15.8. The molecule has 0 N–H and O–H groups in total. The number of hydrogen-bond acceptors (Lipinski definition) is 6. The molecule has 0 spiro atoms. The lowest BCUT2D eigenvalue weighted by atomic mass is 10.3. The summed E-state index contributed by atoms with van der Waals surface area (Å²) < 4.78 is 20.2. The lowest BCUT2D eigenvalue weighted by molar-refractivity contribution is 0.0991. The number of fused-ring (bicyclic) bond motifs is 1. The van der Waals surface area contributed by atoms with Crippen molar-refractivity contribution < 1.29 is 13.9 Å². The number of carbonyl (C=O) groups is 1. The van der Waals surface area contributed by atoms with Crippen molar-refractivity contribution in [2.75, 3.05) is 30.0 Å². The van der Waals surface area contributed by atoms with E-state index in [4.69, 9.17) is 4.74 Å². The van der Waals surface area contributed by atoms with Crippen molar-refractivity contribution in [3.8, 4) is 11.4 Å². The summed E-state index contributed by atoms with van der Waals surface area (Å²) in [7, 11) is 1.56. The van der Waals surface area contributed by atoms with E-state index in [1.54, 1.807) is 41.3 Å². The highest BCUT2D eigenvalue weighted by molar-refractivity contribution is 6.08. The summed E-state index contributed by atoms with van der Waals surface area (Å²) in [6.07, 6.45) is 6.50. The van der Waals surface area contributed by atoms with Crippen LogP contribution in [0.4, 0.5) is 15.9 Å². The average Bonchev–Trinajstić information content (AvgIpc) is 3.44. The van der Waals surface area contributed by atoms with Crippen LogP contribution in [0.3, 0.4) is 0 Å². The Kier molecular flexibility index (Phi) is 4.15. The number of carbonyl (C=O) groups excluding carboxylic acids is 1. The van der Waals surface area contributed by atoms with Crippen molar-refractivity contribution in [2.45, 2.75) is 19.1 Å². The summed E-state index contributed by atoms with van der Waals surface area (Å²) in [4.78, 5) is 24.9. The second-order valence-corrected chi connectivity index (χ2v) is 7.13. The van der Waals surface area contributed by atoms with Crippen LogP contribution in [0.5, 0.6) is 5.75 Å². The molecule has 9 heteroatoms. The first-order valence-electron chi connectivity index (χ1n) is 9.37. The van der Waals surface area contributed by atoms with Crippen LogP contribution in [0.25, 0.3) is 5.69 Å². The van der Waals surface area contributed by atoms with Gasteiger partial charge in [0, 0.05) is 24.4 Å². The molecular formula is C20H19FN6O2. The van der Waals surface area contributed by atoms with Gasteiger partial charge in [0.25, 0.3) is 5.91 Å². The predicted octanol–water partition coefficient (Wildman–Crippen LogP) is 2.38. The number of alkyl halides is 1. The molecule has 0 aromatic carbocycles. The van der Waals surface area contributed by atoms with E-state index in [0.717, 1.165) is 17.1 Å². The Bertz CT molecular complexity index is 1070. The molecular weight excluding hydrogens is 375 g/mol. The van der Waals surface area contributed by atoms with Gasteiger partial charge in [-0.3, -0.25) is 9.78 Å². The Morgan fingerprint density at radius 3 is 2.79 bits per heavy atom. The van der Waals surface area contributed by atoms with Crippen LogP contribution in [0, 0.1) is 0 Å². The fourth-order valence-corrected chi connectivity index (χ4v) is 3.71. The largest absolute Gasteiger partial charge is 0.495 e. The molecule has 148 valence electrons. The van der Waals surface area contributed by atoms with Crippen molar-refractivity contribution in [1.82, 2.24) is 19.7 Å². The molecule has 0 unspecified atom stereocenters. The Balaban J connectivity index is 1.36. The van der Waals surface area contributed by atoms with E-state index < -0.39 is 6.17 Å². The summed E-state index contributed by atoms with van der Waals surface area (Å²) in [5, 5.41) is 4.46. The molecule has 0 radical (unpaired) electrons. The van der Waals surface area contributed by atoms with Gasteiger partial charge in [-0.2, -0.15) is 5.10 Å². The highest BCUT2D eigenvalue weighted by Gasteiger charge is 2.32. The number of halogens is 1. The van der Waals surface area contributed by atoms with Crippen LogP contribution in [-0.4, -0.2) is 52.0 Å². The van der Waals surface area contributed by atoms with Crippen molar-refractivity contribution in [1.29, 1.82) is 0 Å². The third-order valence-corrected chi connectivity index (χ3v) is 5.26. The first kappa shape index (κ1) is 17.6. The molecule has 2 aliphatic rings. The molecule has 0 saturated carbocycles. The Morgan fingerprint density at radius 1 is 1.21 bits per heavy atom. The molecule has 29 heavy (non-hydrogen) atoms. The molecule has 1 fully saturated rings. The Labute approximate surface area is 166 Å². The highest BCUT2D eigenvalue weighted by Crippen LogP contribution is 2.30. The minimum absolute atomic E-state index is 0.176. The van der Waals surface area contributed by atoms with Gasteiger partial charge >= 0.3 is 0 Å². The molecule has 1 amide bonds. The van der Waals surface area contributed by atoms with Crippen LogP contribution in [0.1, 0.15) is 22.5 Å². The molecule has 5 heterocycles. The van der Waals surface area contributed by atoms with Gasteiger partial charge in [-0.25, -0.2) is 14.1 Å². The second kappa shape index (κ2) is 6.84. The maximum Gasteiger partial charge on any atom is 0.279 e. The zero-order valence-corrected chi connectivity index (χ0v) is 15.8. The molecule has 3 aromatic rings. The topological polar surface area (TPSA) is 76.4 Å². The Hall–Kier alpha value is -3.49. The SMILES string of the molecule is COc1cncc(N2Cc3cn(-c4ccc(N5CC[C@@H](F)C5)nc4)nc3C2=O)c1. The predicted molar refractivity (Wildman–Crippen MR) is 104 cm³/mol. The van der Waals surface area contributed by atoms with Crippen LogP contribution in [0.2, 0.25) is 0 Å². The molecule has 2 aliphatic heterocycles. The fraction of sp³-hybridized carbons (Fsp3) is 0.300. The maximum absolute atomic E-state index is 13.4. The lowest BCUT2D eigenvalue weighted by Crippen LogP contribution is -2.24. The summed E-state index contributed by atoms with van der Waals surface area (Å²) in [5.41, 5.74) is 2.67. The van der Waals surface area contributed by atoms with Gasteiger partial charge in [-0.15, -0.1) is 0 Å². The van der Waals surface area contributed by atoms with E-state index in [1.165, 1.54) is 0 Å². The van der Waals surface area contributed by atoms with Gasteiger partial charge in [0.1, 0.15) is 17.7 Å². The minimum Gasteiger partial charge on any atom is -0.495 e. The number of rotatable bonds is 4. The number of anilines is 2. The standard InChI is InChI=1S/C20H19FN6O2/c1-29-17-6-16(7-22-9-17)26-10-13-11-27(24-19(13)20(26)28)15-2-3-18(23-8-15)25-5-4-14(21)12-25/h2-3,6-9,11,14H,4-5,10,12H2,1H3/t14-/m1/s1. The summed E-state index contributed by atoms with van der Waals surface area (Å²) >= 11 is 0. The fourth-order valence-electron chi connectivity index (χ4n) is 3.71. The van der Waals surface area contributed by atoms with Crippen LogP contribution in [-0.2, 0) is 6.54 Å². The molecule has 1 atom stereocenters. The number of ether oxygens (including phenoxy) is 1. The molecule has 5 rings (SSSR count). The third kappa shape index (κ3) is 3.08. The molecule has 3 aromatic heterocycles. The number of pyridine rings is 2. The van der Waals surface area contributed by atoms with Gasteiger partial charge in [-0.1, -0.05) is 0 Å². The molecule has 0 bridgehead atoms. The number of amides is 1. The summed E-state index contributed by atoms with van der Waals surface area (Å²) in [6.45, 7) is 1.47. The third-order valence-electron chi connectivity index (χ3n) is 5.26. The van der Waals surface area contributed by atoms with E-state index in [1.807, 2.05) is 23.2 Å². The van der Waals surface area contributed by atoms with Gasteiger partial charge in [-0.05, 0) is 18.6 Å². The molecule has 0 aliphatic carbocycles. The summed E-state index contributed by atoms with van der Waals surface area (Å²) in [5.74, 6) is 1.17. The zero-order chi connectivity index (χ0) is 20.0. The number of nitrogens with zero attached hydrogens (tertiary/aromatic N) is 6. The highest BCUT2D eigenvalue weighted by atomic mass is 19.1. The van der Waals surface area contributed by atoms with Crippen molar-refractivity contribution in [3.05, 3.63) is 54.2 Å². The number of methoxy groups -OCH3 is 1. The monoisotopic (exact) mass is 394 g/mol. The van der Waals surface area contributed by atoms with Crippen LogP contribution in [0.15, 0.2) is 43.0 Å². The van der Waals surface area contributed by atoms with Gasteiger partial charge < -0.3 is 14.5 Å². The van der Waals surface area contributed by atoms with E-state index in [9.17, 15) is 9.18 Å². The second-order valence-electron chi connectivity index (χ2n) is 7.13. The molecule has 8 nitrogen and oxygen atoms in total. The quantitative estimate of drug-likeness (QED) is 0.676. The number of hydrogen-bond donors (Lipinski definition) is 0. The van der Waals surface area contributed by atoms with Crippen LogP contribution >= 0.6 is 0 Å². The normalized spacial score (nSPS) is 18.4. The van der Waals surface area contributed by atoms with Gasteiger partial charge in [0.15, 0.2) is 5.69 Å².